The van der Waals surface area contributed by atoms with E-state index in [1.165, 1.54) is 0 Å². The summed E-state index contributed by atoms with van der Waals surface area (Å²) in [5, 5.41) is 17.5. The molecule has 0 amide bonds. The highest BCUT2D eigenvalue weighted by Gasteiger charge is 2.07. The minimum Gasteiger partial charge on any atom is -0.478 e. The summed E-state index contributed by atoms with van der Waals surface area (Å²) in [4.78, 5) is 10.8. The fraction of sp³-hybridized carbons (Fsp3) is 0. The number of nitrogens with zero attached hydrogens (tertiary/aromatic N) is 2. The molecule has 0 bridgehead atoms. The predicted octanol–water partition coefficient (Wildman–Crippen LogP) is 5.87. The zero-order valence-electron chi connectivity index (χ0n) is 13.4. The Morgan fingerprint density at radius 2 is 1.40 bits per heavy atom. The first-order valence-corrected chi connectivity index (χ1v) is 7.80. The average molecular weight is 328 g/mol. The van der Waals surface area contributed by atoms with Gasteiger partial charge in [-0.3, -0.25) is 0 Å². The molecule has 4 heteroatoms. The van der Waals surface area contributed by atoms with Crippen LogP contribution < -0.4 is 0 Å². The van der Waals surface area contributed by atoms with Crippen molar-refractivity contribution < 1.29 is 9.90 Å². The SMILES string of the molecule is O=C(O)/C=C/c1ccccc1-c1ccccc1N=Nc1ccccc1. The normalized spacial score (nSPS) is 11.2. The van der Waals surface area contributed by atoms with E-state index in [-0.39, 0.29) is 0 Å². The molecule has 0 aliphatic rings. The zero-order chi connectivity index (χ0) is 17.5. The Morgan fingerprint density at radius 1 is 0.760 bits per heavy atom. The van der Waals surface area contributed by atoms with Gasteiger partial charge in [0.2, 0.25) is 0 Å². The lowest BCUT2D eigenvalue weighted by atomic mass is 9.98. The van der Waals surface area contributed by atoms with Gasteiger partial charge in [0.05, 0.1) is 11.4 Å². The lowest BCUT2D eigenvalue weighted by Crippen LogP contribution is -1.88. The van der Waals surface area contributed by atoms with Gasteiger partial charge >= 0.3 is 5.97 Å². The van der Waals surface area contributed by atoms with Gasteiger partial charge in [-0.2, -0.15) is 5.11 Å². The lowest BCUT2D eigenvalue weighted by molar-refractivity contribution is -0.131. The Bertz CT molecular complexity index is 931. The zero-order valence-corrected chi connectivity index (χ0v) is 13.4. The van der Waals surface area contributed by atoms with Crippen LogP contribution in [0.1, 0.15) is 5.56 Å². The topological polar surface area (TPSA) is 62.0 Å². The van der Waals surface area contributed by atoms with E-state index in [1.54, 1.807) is 6.08 Å². The van der Waals surface area contributed by atoms with Gasteiger partial charge in [0.1, 0.15) is 0 Å². The minimum absolute atomic E-state index is 0.725. The van der Waals surface area contributed by atoms with Crippen LogP contribution in [0.4, 0.5) is 11.4 Å². The van der Waals surface area contributed by atoms with Gasteiger partial charge < -0.3 is 5.11 Å². The first-order chi connectivity index (χ1) is 12.2. The molecular formula is C21H16N2O2. The smallest absolute Gasteiger partial charge is 0.328 e. The number of carboxylic acid groups (broad SMARTS) is 1. The molecule has 0 unspecified atom stereocenters. The van der Waals surface area contributed by atoms with Crippen LogP contribution in [0.15, 0.2) is 95.2 Å². The van der Waals surface area contributed by atoms with E-state index < -0.39 is 5.97 Å². The van der Waals surface area contributed by atoms with Crippen molar-refractivity contribution in [1.29, 1.82) is 0 Å². The molecule has 122 valence electrons. The first-order valence-electron chi connectivity index (χ1n) is 7.80. The molecule has 0 saturated carbocycles. The van der Waals surface area contributed by atoms with Crippen molar-refractivity contribution in [2.75, 3.05) is 0 Å². The van der Waals surface area contributed by atoms with Crippen molar-refractivity contribution in [3.63, 3.8) is 0 Å². The van der Waals surface area contributed by atoms with Crippen LogP contribution in [0.3, 0.4) is 0 Å². The molecule has 0 spiro atoms. The molecule has 0 aromatic heterocycles. The van der Waals surface area contributed by atoms with E-state index in [0.717, 1.165) is 34.1 Å². The number of hydrogen-bond donors (Lipinski definition) is 1. The van der Waals surface area contributed by atoms with Crippen LogP contribution in [0, 0.1) is 0 Å². The van der Waals surface area contributed by atoms with Crippen molar-refractivity contribution >= 4 is 23.4 Å². The quantitative estimate of drug-likeness (QED) is 0.470. The van der Waals surface area contributed by atoms with Gasteiger partial charge in [0, 0.05) is 11.6 Å². The standard InChI is InChI=1S/C21H16N2O2/c24-21(25)15-14-16-8-4-5-11-18(16)19-12-6-7-13-20(19)23-22-17-9-2-1-3-10-17/h1-15H,(H,24,25)/b15-14+,23-22?. The van der Waals surface area contributed by atoms with Crippen molar-refractivity contribution in [2.45, 2.75) is 0 Å². The lowest BCUT2D eigenvalue weighted by Gasteiger charge is -2.08. The molecule has 0 fully saturated rings. The maximum Gasteiger partial charge on any atom is 0.328 e. The number of azo groups is 1. The Morgan fingerprint density at radius 3 is 2.16 bits per heavy atom. The fourth-order valence-electron chi connectivity index (χ4n) is 2.44. The molecule has 4 nitrogen and oxygen atoms in total. The Labute approximate surface area is 145 Å². The second-order valence-electron chi connectivity index (χ2n) is 5.31. The molecule has 0 atom stereocenters. The third kappa shape index (κ3) is 4.26. The average Bonchev–Trinajstić information content (AvgIpc) is 2.66. The van der Waals surface area contributed by atoms with Crippen molar-refractivity contribution in [3.05, 3.63) is 90.5 Å². The summed E-state index contributed by atoms with van der Waals surface area (Å²) in [5.41, 5.74) is 4.11. The Kier molecular flexibility index (Phi) is 5.12. The number of benzene rings is 3. The van der Waals surface area contributed by atoms with Crippen LogP contribution in [0.2, 0.25) is 0 Å². The molecule has 25 heavy (non-hydrogen) atoms. The predicted molar refractivity (Wildman–Crippen MR) is 99.2 cm³/mol. The maximum absolute atomic E-state index is 10.8. The first kappa shape index (κ1) is 16.3. The van der Waals surface area contributed by atoms with Crippen LogP contribution >= 0.6 is 0 Å². The molecule has 0 heterocycles. The minimum atomic E-state index is -0.980. The summed E-state index contributed by atoms with van der Waals surface area (Å²) < 4.78 is 0. The number of rotatable bonds is 5. The van der Waals surface area contributed by atoms with Gasteiger partial charge in [-0.05, 0) is 35.4 Å². The second-order valence-corrected chi connectivity index (χ2v) is 5.31. The Hall–Kier alpha value is -3.53. The van der Waals surface area contributed by atoms with E-state index in [2.05, 4.69) is 10.2 Å². The van der Waals surface area contributed by atoms with Crippen LogP contribution in [-0.4, -0.2) is 11.1 Å². The molecule has 0 aliphatic carbocycles. The fourth-order valence-corrected chi connectivity index (χ4v) is 2.44. The molecular weight excluding hydrogens is 312 g/mol. The third-order valence-corrected chi connectivity index (χ3v) is 3.59. The van der Waals surface area contributed by atoms with Gasteiger partial charge in [-0.1, -0.05) is 60.7 Å². The summed E-state index contributed by atoms with van der Waals surface area (Å²) in [6.45, 7) is 0. The number of hydrogen-bond acceptors (Lipinski definition) is 3. The molecule has 3 rings (SSSR count). The highest BCUT2D eigenvalue weighted by molar-refractivity contribution is 5.89. The van der Waals surface area contributed by atoms with E-state index in [4.69, 9.17) is 5.11 Å². The molecule has 1 N–H and O–H groups in total. The van der Waals surface area contributed by atoms with Gasteiger partial charge in [0.25, 0.3) is 0 Å². The summed E-state index contributed by atoms with van der Waals surface area (Å²) in [6.07, 6.45) is 2.72. The van der Waals surface area contributed by atoms with Crippen LogP contribution in [-0.2, 0) is 4.79 Å². The monoisotopic (exact) mass is 328 g/mol. The highest BCUT2D eigenvalue weighted by atomic mass is 16.4. The van der Waals surface area contributed by atoms with Gasteiger partial charge in [-0.15, -0.1) is 5.11 Å². The van der Waals surface area contributed by atoms with Crippen molar-refractivity contribution in [3.8, 4) is 11.1 Å². The van der Waals surface area contributed by atoms with E-state index in [1.807, 2.05) is 78.9 Å². The molecule has 3 aromatic carbocycles. The van der Waals surface area contributed by atoms with E-state index >= 15 is 0 Å². The third-order valence-electron chi connectivity index (χ3n) is 3.59. The summed E-state index contributed by atoms with van der Waals surface area (Å²) in [5.74, 6) is -0.980. The van der Waals surface area contributed by atoms with Gasteiger partial charge in [0.15, 0.2) is 0 Å². The van der Waals surface area contributed by atoms with Crippen LogP contribution in [0.25, 0.3) is 17.2 Å². The second kappa shape index (κ2) is 7.84. The van der Waals surface area contributed by atoms with Crippen molar-refractivity contribution in [1.82, 2.24) is 0 Å². The molecule has 3 aromatic rings. The molecule has 0 aliphatic heterocycles. The highest BCUT2D eigenvalue weighted by Crippen LogP contribution is 2.34. The number of aliphatic carboxylic acids is 1. The number of carbonyl (C=O) groups is 1. The molecule has 0 radical (unpaired) electrons. The van der Waals surface area contributed by atoms with Crippen LogP contribution in [0.5, 0.6) is 0 Å². The number of carboxylic acids is 1. The van der Waals surface area contributed by atoms with E-state index in [9.17, 15) is 4.79 Å². The largest absolute Gasteiger partial charge is 0.478 e. The van der Waals surface area contributed by atoms with E-state index in [0.29, 0.717) is 0 Å². The van der Waals surface area contributed by atoms with Gasteiger partial charge in [-0.25, -0.2) is 4.79 Å². The van der Waals surface area contributed by atoms with Crippen molar-refractivity contribution in [2.24, 2.45) is 10.2 Å². The summed E-state index contributed by atoms with van der Waals surface area (Å²) in [6, 6.07) is 24.8. The molecule has 0 saturated heterocycles. The Balaban J connectivity index is 2.02. The summed E-state index contributed by atoms with van der Waals surface area (Å²) in [7, 11) is 0. The summed E-state index contributed by atoms with van der Waals surface area (Å²) >= 11 is 0. The maximum atomic E-state index is 10.8.